The van der Waals surface area contributed by atoms with Gasteiger partial charge in [0.05, 0.1) is 5.69 Å². The summed E-state index contributed by atoms with van der Waals surface area (Å²) >= 11 is 0. The van der Waals surface area contributed by atoms with Gasteiger partial charge in [-0.2, -0.15) is 0 Å². The van der Waals surface area contributed by atoms with Gasteiger partial charge in [0.25, 0.3) is 0 Å². The van der Waals surface area contributed by atoms with E-state index in [1.165, 1.54) is 61.2 Å². The minimum absolute atomic E-state index is 0.123. The average Bonchev–Trinajstić information content (AvgIpc) is 3.80. The maximum atomic E-state index is 6.65. The standard InChI is InChI=1S/C54H41NO/c1-53(2)46-19-11-8-16-39(46)41-28-24-36(30-48(41)53)44-32-45-43-18-10-13-21-51(43)56-52(45)33-50(44)55(37-25-22-35(23-26-37)34-14-6-5-7-15-34)38-27-29-42-40-17-9-12-20-47(40)54(3,4)49(42)31-38/h5-33H,1-4H3. The van der Waals surface area contributed by atoms with Crippen LogP contribution in [0.1, 0.15) is 49.9 Å². The van der Waals surface area contributed by atoms with Gasteiger partial charge in [-0.25, -0.2) is 0 Å². The fourth-order valence-electron chi connectivity index (χ4n) is 9.74. The minimum Gasteiger partial charge on any atom is -0.456 e. The van der Waals surface area contributed by atoms with Crippen molar-refractivity contribution < 1.29 is 4.42 Å². The van der Waals surface area contributed by atoms with Crippen molar-refractivity contribution in [3.8, 4) is 44.5 Å². The molecular formula is C54H41NO. The summed E-state index contributed by atoms with van der Waals surface area (Å²) in [5.41, 5.74) is 20.2. The summed E-state index contributed by atoms with van der Waals surface area (Å²) in [6.45, 7) is 9.44. The van der Waals surface area contributed by atoms with Gasteiger partial charge in [-0.1, -0.05) is 155 Å². The molecule has 0 saturated heterocycles. The summed E-state index contributed by atoms with van der Waals surface area (Å²) in [6, 6.07) is 64.6. The second-order valence-corrected chi connectivity index (χ2v) is 16.5. The lowest BCUT2D eigenvalue weighted by atomic mass is 9.81. The first kappa shape index (κ1) is 32.8. The van der Waals surface area contributed by atoms with Crippen molar-refractivity contribution in [2.75, 3.05) is 4.90 Å². The Labute approximate surface area is 328 Å². The number of rotatable bonds is 5. The molecule has 0 unspecified atom stereocenters. The lowest BCUT2D eigenvalue weighted by Gasteiger charge is -2.30. The van der Waals surface area contributed by atoms with E-state index in [-0.39, 0.29) is 10.8 Å². The summed E-state index contributed by atoms with van der Waals surface area (Å²) in [5.74, 6) is 0. The van der Waals surface area contributed by atoms with Gasteiger partial charge in [-0.15, -0.1) is 0 Å². The summed E-state index contributed by atoms with van der Waals surface area (Å²) in [4.78, 5) is 2.45. The van der Waals surface area contributed by atoms with Crippen molar-refractivity contribution in [2.45, 2.75) is 38.5 Å². The molecule has 0 atom stereocenters. The van der Waals surface area contributed by atoms with Gasteiger partial charge in [0.2, 0.25) is 0 Å². The van der Waals surface area contributed by atoms with E-state index in [4.69, 9.17) is 4.42 Å². The predicted octanol–water partition coefficient (Wildman–Crippen LogP) is 15.0. The Balaban J connectivity index is 1.17. The normalized spacial score (nSPS) is 14.4. The van der Waals surface area contributed by atoms with E-state index >= 15 is 0 Å². The van der Waals surface area contributed by atoms with E-state index in [1.54, 1.807) is 0 Å². The summed E-state index contributed by atoms with van der Waals surface area (Å²) in [5, 5.41) is 2.24. The van der Waals surface area contributed by atoms with E-state index in [1.807, 2.05) is 0 Å². The van der Waals surface area contributed by atoms with Gasteiger partial charge in [0.15, 0.2) is 0 Å². The van der Waals surface area contributed by atoms with Crippen LogP contribution >= 0.6 is 0 Å². The number of furan rings is 1. The first-order valence-electron chi connectivity index (χ1n) is 19.7. The first-order valence-corrected chi connectivity index (χ1v) is 19.7. The van der Waals surface area contributed by atoms with Crippen LogP contribution in [0.3, 0.4) is 0 Å². The van der Waals surface area contributed by atoms with Gasteiger partial charge in [-0.05, 0) is 104 Å². The smallest absolute Gasteiger partial charge is 0.137 e. The molecule has 0 fully saturated rings. The fourth-order valence-corrected chi connectivity index (χ4v) is 9.74. The maximum absolute atomic E-state index is 6.65. The third-order valence-electron chi connectivity index (χ3n) is 12.7. The lowest BCUT2D eigenvalue weighted by Crippen LogP contribution is -2.17. The van der Waals surface area contributed by atoms with Crippen molar-refractivity contribution >= 4 is 39.0 Å². The quantitative estimate of drug-likeness (QED) is 0.176. The highest BCUT2D eigenvalue weighted by Crippen LogP contribution is 2.54. The van der Waals surface area contributed by atoms with Crippen molar-refractivity contribution in [1.82, 2.24) is 0 Å². The van der Waals surface area contributed by atoms with Gasteiger partial charge < -0.3 is 9.32 Å². The number of hydrogen-bond acceptors (Lipinski definition) is 2. The molecule has 2 aliphatic carbocycles. The number of anilines is 3. The number of benzene rings is 8. The Kier molecular flexibility index (Phi) is 6.98. The van der Waals surface area contributed by atoms with E-state index in [2.05, 4.69) is 209 Å². The van der Waals surface area contributed by atoms with Crippen LogP contribution in [0.2, 0.25) is 0 Å². The van der Waals surface area contributed by atoms with Crippen molar-refractivity contribution in [2.24, 2.45) is 0 Å². The molecule has 0 radical (unpaired) electrons. The van der Waals surface area contributed by atoms with E-state index in [0.717, 1.165) is 44.6 Å². The molecular weight excluding hydrogens is 679 g/mol. The summed E-state index contributed by atoms with van der Waals surface area (Å²) in [7, 11) is 0. The number of nitrogens with zero attached hydrogens (tertiary/aromatic N) is 1. The molecule has 0 saturated carbocycles. The number of fused-ring (bicyclic) bond motifs is 9. The van der Waals surface area contributed by atoms with Crippen LogP contribution in [0.4, 0.5) is 17.1 Å². The highest BCUT2D eigenvalue weighted by molar-refractivity contribution is 6.09. The van der Waals surface area contributed by atoms with Crippen LogP contribution in [0.15, 0.2) is 180 Å². The molecule has 268 valence electrons. The average molecular weight is 720 g/mol. The molecule has 11 rings (SSSR count). The van der Waals surface area contributed by atoms with Gasteiger partial charge in [0, 0.05) is 44.6 Å². The van der Waals surface area contributed by atoms with Crippen molar-refractivity contribution in [1.29, 1.82) is 0 Å². The van der Waals surface area contributed by atoms with Crippen molar-refractivity contribution in [3.05, 3.63) is 198 Å². The Hall–Kier alpha value is -6.64. The molecule has 0 N–H and O–H groups in total. The second-order valence-electron chi connectivity index (χ2n) is 16.5. The Morgan fingerprint density at radius 3 is 1.61 bits per heavy atom. The molecule has 2 heteroatoms. The molecule has 0 spiro atoms. The third-order valence-corrected chi connectivity index (χ3v) is 12.7. The maximum Gasteiger partial charge on any atom is 0.137 e. The van der Waals surface area contributed by atoms with Crippen molar-refractivity contribution in [3.63, 3.8) is 0 Å². The van der Waals surface area contributed by atoms with E-state index in [0.29, 0.717) is 0 Å². The topological polar surface area (TPSA) is 16.4 Å². The third kappa shape index (κ3) is 4.75. The first-order chi connectivity index (χ1) is 27.3. The molecule has 0 bridgehead atoms. The molecule has 0 aliphatic heterocycles. The largest absolute Gasteiger partial charge is 0.456 e. The Bertz CT molecular complexity index is 3020. The lowest BCUT2D eigenvalue weighted by molar-refractivity contribution is 0.660. The Morgan fingerprint density at radius 2 is 0.893 bits per heavy atom. The number of para-hydroxylation sites is 1. The van der Waals surface area contributed by atoms with Crippen LogP contribution in [-0.4, -0.2) is 0 Å². The predicted molar refractivity (Wildman–Crippen MR) is 234 cm³/mol. The van der Waals surface area contributed by atoms with Crippen LogP contribution in [0.25, 0.3) is 66.4 Å². The second kappa shape index (κ2) is 11.9. The zero-order valence-corrected chi connectivity index (χ0v) is 32.1. The molecule has 2 nitrogen and oxygen atoms in total. The van der Waals surface area contributed by atoms with E-state index < -0.39 is 0 Å². The summed E-state index contributed by atoms with van der Waals surface area (Å²) in [6.07, 6.45) is 0. The number of hydrogen-bond donors (Lipinski definition) is 0. The monoisotopic (exact) mass is 719 g/mol. The summed E-state index contributed by atoms with van der Waals surface area (Å²) < 4.78 is 6.65. The highest BCUT2D eigenvalue weighted by Gasteiger charge is 2.37. The van der Waals surface area contributed by atoms with Gasteiger partial charge in [-0.3, -0.25) is 0 Å². The van der Waals surface area contributed by atoms with Crippen LogP contribution < -0.4 is 4.90 Å². The van der Waals surface area contributed by atoms with Crippen LogP contribution in [-0.2, 0) is 10.8 Å². The molecule has 1 aromatic heterocycles. The molecule has 56 heavy (non-hydrogen) atoms. The molecule has 1 heterocycles. The molecule has 8 aromatic carbocycles. The van der Waals surface area contributed by atoms with Gasteiger partial charge in [0.1, 0.15) is 11.2 Å². The van der Waals surface area contributed by atoms with Crippen LogP contribution in [0.5, 0.6) is 0 Å². The van der Waals surface area contributed by atoms with E-state index in [9.17, 15) is 0 Å². The van der Waals surface area contributed by atoms with Gasteiger partial charge >= 0.3 is 0 Å². The SMILES string of the molecule is CC1(C)c2ccccc2-c2ccc(-c3cc4c(cc3N(c3ccc(-c5ccccc5)cc3)c3ccc5c(c3)C(C)(C)c3ccccc3-5)oc3ccccc34)cc21. The highest BCUT2D eigenvalue weighted by atomic mass is 16.3. The zero-order chi connectivity index (χ0) is 37.8. The minimum atomic E-state index is -0.142. The van der Waals surface area contributed by atoms with Crippen LogP contribution in [0, 0.1) is 0 Å². The molecule has 0 amide bonds. The fraction of sp³-hybridized carbons (Fsp3) is 0.111. The Morgan fingerprint density at radius 1 is 0.357 bits per heavy atom. The molecule has 2 aliphatic rings. The zero-order valence-electron chi connectivity index (χ0n) is 32.1. The molecule has 9 aromatic rings.